The van der Waals surface area contributed by atoms with Crippen LogP contribution in [-0.2, 0) is 21.4 Å². The molecule has 1 saturated carbocycles. The Morgan fingerprint density at radius 1 is 0.905 bits per heavy atom. The predicted molar refractivity (Wildman–Crippen MR) is 166 cm³/mol. The van der Waals surface area contributed by atoms with Crippen molar-refractivity contribution in [2.45, 2.75) is 68.5 Å². The van der Waals surface area contributed by atoms with Gasteiger partial charge in [-0.05, 0) is 67.2 Å². The van der Waals surface area contributed by atoms with Gasteiger partial charge in [0.1, 0.15) is 6.61 Å². The van der Waals surface area contributed by atoms with E-state index in [-0.39, 0.29) is 30.7 Å². The van der Waals surface area contributed by atoms with Gasteiger partial charge in [0.25, 0.3) is 0 Å². The van der Waals surface area contributed by atoms with E-state index in [9.17, 15) is 13.2 Å². The lowest BCUT2D eigenvalue weighted by atomic mass is 9.88. The van der Waals surface area contributed by atoms with Crippen LogP contribution in [0, 0.1) is 5.92 Å². The van der Waals surface area contributed by atoms with E-state index in [1.54, 1.807) is 24.3 Å². The van der Waals surface area contributed by atoms with E-state index < -0.39 is 10.0 Å². The highest BCUT2D eigenvalue weighted by molar-refractivity contribution is 7.89. The molecule has 224 valence electrons. The number of nitrogens with zero attached hydrogens (tertiary/aromatic N) is 2. The minimum atomic E-state index is -3.57. The predicted octanol–water partition coefficient (Wildman–Crippen LogP) is 6.04. The Morgan fingerprint density at radius 3 is 2.17 bits per heavy atom. The van der Waals surface area contributed by atoms with Crippen LogP contribution < -0.4 is 4.72 Å². The molecule has 1 aliphatic heterocycles. The zero-order valence-corrected chi connectivity index (χ0v) is 25.3. The average Bonchev–Trinajstić information content (AvgIpc) is 3.41. The Labute approximate surface area is 250 Å². The lowest BCUT2D eigenvalue weighted by Gasteiger charge is -2.39. The van der Waals surface area contributed by atoms with Crippen LogP contribution >= 0.6 is 0 Å². The SMILES string of the molecule is CCCN(C(=O)OCc1ccccc1)C1CCN(C[C@H]2CC(NS(=O)(=O)c3ccccc3)C[C@@H]2c2ccccc2)CC1. The van der Waals surface area contributed by atoms with Crippen molar-refractivity contribution in [2.75, 3.05) is 26.2 Å². The summed E-state index contributed by atoms with van der Waals surface area (Å²) in [5.41, 5.74) is 2.26. The second-order valence-corrected chi connectivity index (χ2v) is 13.4. The molecule has 1 amide bonds. The average molecular weight is 590 g/mol. The van der Waals surface area contributed by atoms with Crippen molar-refractivity contribution in [3.63, 3.8) is 0 Å². The maximum Gasteiger partial charge on any atom is 0.410 e. The highest BCUT2D eigenvalue weighted by Gasteiger charge is 2.39. The maximum absolute atomic E-state index is 13.1. The number of sulfonamides is 1. The largest absolute Gasteiger partial charge is 0.445 e. The third-order valence-corrected chi connectivity index (χ3v) is 10.2. The van der Waals surface area contributed by atoms with E-state index in [0.29, 0.717) is 17.4 Å². The standard InChI is InChI=1S/C34H43N3O4S/c1-2-20-37(34(38)41-26-27-12-6-3-7-13-27)31-18-21-36(22-19-31)25-29-23-30(24-33(29)28-14-8-4-9-15-28)35-42(39,40)32-16-10-5-11-17-32/h3-17,29-31,33,35H,2,18-26H2,1H3/t29-,30?,33-/m1/s1. The molecule has 7 nitrogen and oxygen atoms in total. The van der Waals surface area contributed by atoms with Gasteiger partial charge in [-0.25, -0.2) is 17.9 Å². The first-order valence-corrected chi connectivity index (χ1v) is 16.7. The molecule has 5 rings (SSSR count). The minimum absolute atomic E-state index is 0.109. The number of ether oxygens (including phenoxy) is 1. The molecule has 1 N–H and O–H groups in total. The van der Waals surface area contributed by atoms with Gasteiger partial charge in [0.15, 0.2) is 0 Å². The molecule has 2 aliphatic rings. The fraction of sp³-hybridized carbons (Fsp3) is 0.441. The second kappa shape index (κ2) is 14.3. The number of hydrogen-bond acceptors (Lipinski definition) is 5. The molecule has 1 unspecified atom stereocenters. The molecule has 0 spiro atoms. The Kier molecular flexibility index (Phi) is 10.3. The van der Waals surface area contributed by atoms with Crippen molar-refractivity contribution >= 4 is 16.1 Å². The van der Waals surface area contributed by atoms with E-state index in [0.717, 1.165) is 57.3 Å². The van der Waals surface area contributed by atoms with Gasteiger partial charge < -0.3 is 14.5 Å². The van der Waals surface area contributed by atoms with Crippen molar-refractivity contribution in [1.29, 1.82) is 0 Å². The highest BCUT2D eigenvalue weighted by atomic mass is 32.2. The van der Waals surface area contributed by atoms with Gasteiger partial charge in [-0.15, -0.1) is 0 Å². The molecule has 1 heterocycles. The summed E-state index contributed by atoms with van der Waals surface area (Å²) in [4.78, 5) is 17.8. The van der Waals surface area contributed by atoms with Gasteiger partial charge in [0, 0.05) is 38.3 Å². The minimum Gasteiger partial charge on any atom is -0.445 e. The number of nitrogens with one attached hydrogen (secondary N) is 1. The Morgan fingerprint density at radius 2 is 1.52 bits per heavy atom. The van der Waals surface area contributed by atoms with E-state index in [2.05, 4.69) is 40.8 Å². The molecule has 2 fully saturated rings. The number of carbonyl (C=O) groups is 1. The Balaban J connectivity index is 1.19. The van der Waals surface area contributed by atoms with Gasteiger partial charge >= 0.3 is 6.09 Å². The van der Waals surface area contributed by atoms with Crippen molar-refractivity contribution in [3.8, 4) is 0 Å². The molecule has 3 aromatic rings. The molecule has 3 aromatic carbocycles. The first kappa shape index (κ1) is 30.3. The normalized spacial score (nSPS) is 21.7. The summed E-state index contributed by atoms with van der Waals surface area (Å²) >= 11 is 0. The van der Waals surface area contributed by atoms with E-state index in [1.807, 2.05) is 47.4 Å². The molecule has 42 heavy (non-hydrogen) atoms. The fourth-order valence-electron chi connectivity index (χ4n) is 6.63. The van der Waals surface area contributed by atoms with Crippen LogP contribution in [0.4, 0.5) is 4.79 Å². The lowest BCUT2D eigenvalue weighted by molar-refractivity contribution is 0.0578. The number of carbonyl (C=O) groups excluding carboxylic acids is 1. The highest BCUT2D eigenvalue weighted by Crippen LogP contribution is 2.41. The molecule has 0 aromatic heterocycles. The molecule has 1 saturated heterocycles. The monoisotopic (exact) mass is 589 g/mol. The van der Waals surface area contributed by atoms with E-state index in [1.165, 1.54) is 5.56 Å². The number of hydrogen-bond donors (Lipinski definition) is 1. The Hall–Kier alpha value is -3.20. The molecular formula is C34H43N3O4S. The molecular weight excluding hydrogens is 546 g/mol. The zero-order chi connectivity index (χ0) is 29.4. The van der Waals surface area contributed by atoms with Crippen molar-refractivity contribution in [3.05, 3.63) is 102 Å². The summed E-state index contributed by atoms with van der Waals surface area (Å²) in [6.45, 7) is 5.82. The molecule has 8 heteroatoms. The summed E-state index contributed by atoms with van der Waals surface area (Å²) < 4.78 is 34.9. The number of benzene rings is 3. The molecule has 3 atom stereocenters. The van der Waals surface area contributed by atoms with Crippen molar-refractivity contribution in [1.82, 2.24) is 14.5 Å². The van der Waals surface area contributed by atoms with Crippen LogP contribution in [0.25, 0.3) is 0 Å². The summed E-state index contributed by atoms with van der Waals surface area (Å²) in [6, 6.07) is 29.0. The van der Waals surface area contributed by atoms with Crippen molar-refractivity contribution < 1.29 is 17.9 Å². The lowest BCUT2D eigenvalue weighted by Crippen LogP contribution is -2.48. The summed E-state index contributed by atoms with van der Waals surface area (Å²) in [6.07, 6.45) is 4.07. The van der Waals surface area contributed by atoms with Gasteiger partial charge in [-0.2, -0.15) is 0 Å². The summed E-state index contributed by atoms with van der Waals surface area (Å²) in [7, 11) is -3.57. The third kappa shape index (κ3) is 7.79. The van der Waals surface area contributed by atoms with Crippen molar-refractivity contribution in [2.24, 2.45) is 5.92 Å². The number of amides is 1. The fourth-order valence-corrected chi connectivity index (χ4v) is 7.91. The summed E-state index contributed by atoms with van der Waals surface area (Å²) in [5.74, 6) is 0.631. The molecule has 0 radical (unpaired) electrons. The number of rotatable bonds is 11. The van der Waals surface area contributed by atoms with Crippen LogP contribution in [0.5, 0.6) is 0 Å². The zero-order valence-electron chi connectivity index (χ0n) is 24.5. The van der Waals surface area contributed by atoms with Crippen LogP contribution in [0.1, 0.15) is 56.1 Å². The van der Waals surface area contributed by atoms with Crippen LogP contribution in [0.3, 0.4) is 0 Å². The number of likely N-dealkylation sites (tertiary alicyclic amines) is 1. The smallest absolute Gasteiger partial charge is 0.410 e. The topological polar surface area (TPSA) is 79.0 Å². The third-order valence-electron chi connectivity index (χ3n) is 8.69. The first-order valence-electron chi connectivity index (χ1n) is 15.2. The maximum atomic E-state index is 13.1. The van der Waals surface area contributed by atoms with Crippen LogP contribution in [0.2, 0.25) is 0 Å². The van der Waals surface area contributed by atoms with Crippen LogP contribution in [-0.4, -0.2) is 62.6 Å². The first-order chi connectivity index (χ1) is 20.4. The van der Waals surface area contributed by atoms with Gasteiger partial charge in [-0.1, -0.05) is 85.8 Å². The Bertz CT molecular complexity index is 1360. The second-order valence-electron chi connectivity index (χ2n) is 11.6. The molecule has 1 aliphatic carbocycles. The number of piperidine rings is 1. The van der Waals surface area contributed by atoms with Crippen LogP contribution in [0.15, 0.2) is 95.9 Å². The quantitative estimate of drug-likeness (QED) is 0.295. The van der Waals surface area contributed by atoms with E-state index in [4.69, 9.17) is 4.74 Å². The van der Waals surface area contributed by atoms with E-state index >= 15 is 0 Å². The van der Waals surface area contributed by atoms with Gasteiger partial charge in [0.2, 0.25) is 10.0 Å². The van der Waals surface area contributed by atoms with Gasteiger partial charge in [-0.3, -0.25) is 0 Å². The molecule has 0 bridgehead atoms. The van der Waals surface area contributed by atoms with Gasteiger partial charge in [0.05, 0.1) is 4.90 Å². The summed E-state index contributed by atoms with van der Waals surface area (Å²) in [5, 5.41) is 0.